The number of amides is 1. The van der Waals surface area contributed by atoms with Crippen LogP contribution in [0.4, 0.5) is 0 Å². The molecule has 27 heavy (non-hydrogen) atoms. The predicted octanol–water partition coefficient (Wildman–Crippen LogP) is 3.55. The molecular weight excluding hydrogens is 340 g/mol. The van der Waals surface area contributed by atoms with Gasteiger partial charge in [0.1, 0.15) is 11.4 Å². The Bertz CT molecular complexity index is 815. The summed E-state index contributed by atoms with van der Waals surface area (Å²) in [6.45, 7) is 3.04. The minimum atomic E-state index is -0.187. The molecular formula is C22H26N2O3. The van der Waals surface area contributed by atoms with Crippen LogP contribution >= 0.6 is 0 Å². The summed E-state index contributed by atoms with van der Waals surface area (Å²) in [7, 11) is 0. The van der Waals surface area contributed by atoms with Crippen LogP contribution in [0.3, 0.4) is 0 Å². The van der Waals surface area contributed by atoms with Crippen molar-refractivity contribution in [1.82, 2.24) is 9.80 Å². The highest BCUT2D eigenvalue weighted by Crippen LogP contribution is 2.35. The number of Topliss-reactive ketones (excluding diaryl/α,β-unsaturated/α-hetero) is 2. The molecule has 1 heterocycles. The fraction of sp³-hybridized carbons (Fsp3) is 0.500. The molecule has 0 aromatic heterocycles. The molecule has 2 fully saturated rings. The van der Waals surface area contributed by atoms with Gasteiger partial charge in [0, 0.05) is 37.2 Å². The van der Waals surface area contributed by atoms with E-state index in [-0.39, 0.29) is 23.5 Å². The molecule has 1 amide bonds. The smallest absolute Gasteiger partial charge is 0.224 e. The van der Waals surface area contributed by atoms with E-state index < -0.39 is 0 Å². The second-order valence-corrected chi connectivity index (χ2v) is 7.78. The fourth-order valence-electron chi connectivity index (χ4n) is 4.74. The Labute approximate surface area is 160 Å². The van der Waals surface area contributed by atoms with Gasteiger partial charge in [0.15, 0.2) is 0 Å². The number of fused-ring (bicyclic) bond motifs is 1. The molecule has 0 spiro atoms. The highest BCUT2D eigenvalue weighted by Gasteiger charge is 2.41. The molecule has 0 bridgehead atoms. The topological polar surface area (TPSA) is 57.7 Å². The molecule has 1 aromatic rings. The average molecular weight is 366 g/mol. The van der Waals surface area contributed by atoms with Crippen molar-refractivity contribution >= 4 is 17.5 Å². The van der Waals surface area contributed by atoms with Gasteiger partial charge in [-0.1, -0.05) is 43.5 Å². The summed E-state index contributed by atoms with van der Waals surface area (Å²) in [4.78, 5) is 43.2. The lowest BCUT2D eigenvalue weighted by atomic mass is 9.87. The van der Waals surface area contributed by atoms with Gasteiger partial charge in [0.05, 0.1) is 0 Å². The van der Waals surface area contributed by atoms with Gasteiger partial charge in [-0.2, -0.15) is 0 Å². The Kier molecular flexibility index (Phi) is 4.85. The maximum Gasteiger partial charge on any atom is 0.224 e. The molecule has 0 radical (unpaired) electrons. The molecule has 0 atom stereocenters. The lowest BCUT2D eigenvalue weighted by Crippen LogP contribution is -2.46. The number of benzene rings is 1. The highest BCUT2D eigenvalue weighted by atomic mass is 16.2. The van der Waals surface area contributed by atoms with Crippen molar-refractivity contribution in [3.8, 4) is 0 Å². The number of nitrogens with zero attached hydrogens (tertiary/aromatic N) is 2. The van der Waals surface area contributed by atoms with E-state index in [1.807, 2.05) is 4.90 Å². The Morgan fingerprint density at radius 1 is 0.926 bits per heavy atom. The van der Waals surface area contributed by atoms with Gasteiger partial charge >= 0.3 is 0 Å². The van der Waals surface area contributed by atoms with Crippen molar-refractivity contribution in [3.63, 3.8) is 0 Å². The van der Waals surface area contributed by atoms with Crippen LogP contribution in [0.5, 0.6) is 0 Å². The number of hydrogen-bond acceptors (Lipinski definition) is 4. The van der Waals surface area contributed by atoms with Gasteiger partial charge in [-0.05, 0) is 25.7 Å². The maximum absolute atomic E-state index is 13.5. The van der Waals surface area contributed by atoms with E-state index in [1.165, 1.54) is 6.92 Å². The van der Waals surface area contributed by atoms with Crippen LogP contribution < -0.4 is 0 Å². The van der Waals surface area contributed by atoms with E-state index in [4.69, 9.17) is 0 Å². The molecule has 3 aliphatic rings. The highest BCUT2D eigenvalue weighted by molar-refractivity contribution is 6.27. The molecule has 5 nitrogen and oxygen atoms in total. The van der Waals surface area contributed by atoms with Crippen LogP contribution in [0.2, 0.25) is 0 Å². The molecule has 4 rings (SSSR count). The lowest BCUT2D eigenvalue weighted by Gasteiger charge is -2.38. The van der Waals surface area contributed by atoms with Crippen molar-refractivity contribution in [1.29, 1.82) is 0 Å². The third-order valence-electron chi connectivity index (χ3n) is 6.01. The van der Waals surface area contributed by atoms with Gasteiger partial charge in [0.25, 0.3) is 0 Å². The third-order valence-corrected chi connectivity index (χ3v) is 6.01. The number of allylic oxidation sites excluding steroid dienone is 2. The molecule has 0 N–H and O–H groups in total. The molecule has 1 aromatic carbocycles. The minimum absolute atomic E-state index is 0.00543. The lowest BCUT2D eigenvalue weighted by molar-refractivity contribution is -0.129. The molecule has 1 saturated heterocycles. The summed E-state index contributed by atoms with van der Waals surface area (Å²) in [5, 5.41) is 0. The van der Waals surface area contributed by atoms with Crippen molar-refractivity contribution in [2.24, 2.45) is 0 Å². The van der Waals surface area contributed by atoms with Crippen molar-refractivity contribution in [2.75, 3.05) is 13.1 Å². The number of rotatable bonds is 3. The average Bonchev–Trinajstić information content (AvgIpc) is 3.21. The molecule has 0 unspecified atom stereocenters. The molecule has 5 heteroatoms. The zero-order chi connectivity index (χ0) is 19.0. The van der Waals surface area contributed by atoms with Crippen LogP contribution in [0.1, 0.15) is 72.6 Å². The van der Waals surface area contributed by atoms with E-state index in [1.54, 1.807) is 29.2 Å². The number of ketones is 2. The SMILES string of the molecule is CC(=O)N(C1=C(N2CCCC2)C(=O)c2ccccc2C1=O)C1CCCCC1. The monoisotopic (exact) mass is 366 g/mol. The molecule has 1 aliphatic heterocycles. The van der Waals surface area contributed by atoms with E-state index in [0.717, 1.165) is 58.0 Å². The minimum Gasteiger partial charge on any atom is -0.367 e. The maximum atomic E-state index is 13.5. The van der Waals surface area contributed by atoms with E-state index >= 15 is 0 Å². The molecule has 142 valence electrons. The van der Waals surface area contributed by atoms with Crippen molar-refractivity contribution in [2.45, 2.75) is 57.9 Å². The summed E-state index contributed by atoms with van der Waals surface area (Å²) in [5.74, 6) is -0.453. The Morgan fingerprint density at radius 3 is 2.11 bits per heavy atom. The van der Waals surface area contributed by atoms with E-state index in [0.29, 0.717) is 22.5 Å². The standard InChI is InChI=1S/C22H26N2O3/c1-15(25)24(16-9-3-2-4-10-16)20-19(23-13-7-8-14-23)21(26)17-11-5-6-12-18(17)22(20)27/h5-6,11-12,16H,2-4,7-10,13-14H2,1H3. The summed E-state index contributed by atoms with van der Waals surface area (Å²) in [6, 6.07) is 7.00. The Balaban J connectivity index is 1.88. The summed E-state index contributed by atoms with van der Waals surface area (Å²) < 4.78 is 0. The number of likely N-dealkylation sites (tertiary alicyclic amines) is 1. The normalized spacial score (nSPS) is 20.9. The molecule has 1 saturated carbocycles. The first-order chi connectivity index (χ1) is 13.1. The first kappa shape index (κ1) is 18.0. The van der Waals surface area contributed by atoms with Crippen molar-refractivity contribution in [3.05, 3.63) is 46.8 Å². The fourth-order valence-corrected chi connectivity index (χ4v) is 4.74. The summed E-state index contributed by atoms with van der Waals surface area (Å²) in [6.07, 6.45) is 7.06. The second-order valence-electron chi connectivity index (χ2n) is 7.78. The predicted molar refractivity (Wildman–Crippen MR) is 102 cm³/mol. The zero-order valence-electron chi connectivity index (χ0n) is 15.9. The third kappa shape index (κ3) is 3.09. The van der Waals surface area contributed by atoms with Gasteiger partial charge < -0.3 is 9.80 Å². The van der Waals surface area contributed by atoms with Gasteiger partial charge in [0.2, 0.25) is 17.5 Å². The number of hydrogen-bond donors (Lipinski definition) is 0. The van der Waals surface area contributed by atoms with Crippen LogP contribution in [-0.2, 0) is 4.79 Å². The summed E-state index contributed by atoms with van der Waals surface area (Å²) in [5.41, 5.74) is 1.64. The second kappa shape index (κ2) is 7.29. The van der Waals surface area contributed by atoms with Gasteiger partial charge in [-0.25, -0.2) is 0 Å². The van der Waals surface area contributed by atoms with Crippen LogP contribution in [0.25, 0.3) is 0 Å². The van der Waals surface area contributed by atoms with Crippen LogP contribution in [0, 0.1) is 0 Å². The summed E-state index contributed by atoms with van der Waals surface area (Å²) >= 11 is 0. The Morgan fingerprint density at radius 2 is 1.52 bits per heavy atom. The number of carbonyl (C=O) groups excluding carboxylic acids is 3. The zero-order valence-corrected chi connectivity index (χ0v) is 15.9. The number of carbonyl (C=O) groups is 3. The van der Waals surface area contributed by atoms with E-state index in [9.17, 15) is 14.4 Å². The van der Waals surface area contributed by atoms with Crippen LogP contribution in [-0.4, -0.2) is 46.4 Å². The van der Waals surface area contributed by atoms with E-state index in [2.05, 4.69) is 0 Å². The molecule has 2 aliphatic carbocycles. The van der Waals surface area contributed by atoms with Crippen LogP contribution in [0.15, 0.2) is 35.7 Å². The van der Waals surface area contributed by atoms with Crippen molar-refractivity contribution < 1.29 is 14.4 Å². The largest absolute Gasteiger partial charge is 0.367 e. The first-order valence-electron chi connectivity index (χ1n) is 10.1. The quantitative estimate of drug-likeness (QED) is 0.821. The first-order valence-corrected chi connectivity index (χ1v) is 10.1. The Hall–Kier alpha value is -2.43. The van der Waals surface area contributed by atoms with Gasteiger partial charge in [-0.15, -0.1) is 0 Å². The van der Waals surface area contributed by atoms with Gasteiger partial charge in [-0.3, -0.25) is 14.4 Å².